The molecular weight excluding hydrogens is 687 g/mol. The molecule has 0 aliphatic carbocycles. The second-order valence-corrected chi connectivity index (χ2v) is 13.9. The van der Waals surface area contributed by atoms with E-state index in [-0.39, 0.29) is 0 Å². The topological polar surface area (TPSA) is 69.6 Å². The fourth-order valence-electron chi connectivity index (χ4n) is 7.80. The maximum Gasteiger partial charge on any atom is 0.227 e. The molecule has 0 radical (unpaired) electrons. The quantitative estimate of drug-likeness (QED) is 0.171. The van der Waals surface area contributed by atoms with Gasteiger partial charge in [0.25, 0.3) is 0 Å². The summed E-state index contributed by atoms with van der Waals surface area (Å²) in [6.07, 6.45) is 1.74. The lowest BCUT2D eigenvalue weighted by molar-refractivity contribution is 0.654. The summed E-state index contributed by atoms with van der Waals surface area (Å²) >= 11 is 0. The SMILES string of the molecule is c1ccc(-c2ccc(-c3ccc4c(c3)c3ccccc3n4-c3cccc(-c4nc(-c5ccccc5)nc(-c5ccc6c(c5)oc5ncccc56)n4)c3)cc2)cc1. The van der Waals surface area contributed by atoms with Gasteiger partial charge in [0.05, 0.1) is 11.0 Å². The molecule has 0 bridgehead atoms. The Hall–Kier alpha value is -7.70. The largest absolute Gasteiger partial charge is 0.438 e. The third kappa shape index (κ3) is 5.43. The van der Waals surface area contributed by atoms with Gasteiger partial charge in [-0.2, -0.15) is 0 Å². The predicted octanol–water partition coefficient (Wildman–Crippen LogP) is 12.6. The van der Waals surface area contributed by atoms with Crippen LogP contribution in [0.3, 0.4) is 0 Å². The van der Waals surface area contributed by atoms with Crippen molar-refractivity contribution in [3.8, 4) is 62.1 Å². The molecule has 0 aliphatic heterocycles. The van der Waals surface area contributed by atoms with Crippen LogP contribution in [-0.4, -0.2) is 24.5 Å². The average Bonchev–Trinajstić information content (AvgIpc) is 3.82. The highest BCUT2D eigenvalue weighted by molar-refractivity contribution is 6.10. The van der Waals surface area contributed by atoms with Crippen molar-refractivity contribution in [2.45, 2.75) is 0 Å². The lowest BCUT2D eigenvalue weighted by Crippen LogP contribution is -2.01. The predicted molar refractivity (Wildman–Crippen MR) is 226 cm³/mol. The minimum atomic E-state index is 0.566. The molecule has 0 saturated heterocycles. The van der Waals surface area contributed by atoms with E-state index in [4.69, 9.17) is 19.4 Å². The van der Waals surface area contributed by atoms with Gasteiger partial charge in [-0.05, 0) is 76.9 Å². The van der Waals surface area contributed by atoms with Gasteiger partial charge in [-0.1, -0.05) is 127 Å². The molecule has 56 heavy (non-hydrogen) atoms. The Bertz CT molecular complexity index is 3240. The van der Waals surface area contributed by atoms with Crippen LogP contribution in [0.4, 0.5) is 0 Å². The Morgan fingerprint density at radius 2 is 0.929 bits per heavy atom. The van der Waals surface area contributed by atoms with Crippen LogP contribution < -0.4 is 0 Å². The molecule has 0 N–H and O–H groups in total. The van der Waals surface area contributed by atoms with Crippen molar-refractivity contribution in [3.63, 3.8) is 0 Å². The van der Waals surface area contributed by atoms with Crippen molar-refractivity contribution in [3.05, 3.63) is 188 Å². The Labute approximate surface area is 322 Å². The zero-order chi connectivity index (χ0) is 37.0. The molecule has 0 saturated carbocycles. The molecule has 7 aromatic carbocycles. The van der Waals surface area contributed by atoms with E-state index >= 15 is 0 Å². The Kier molecular flexibility index (Phi) is 7.38. The van der Waals surface area contributed by atoms with Crippen LogP contribution >= 0.6 is 0 Å². The molecule has 6 heteroatoms. The Morgan fingerprint density at radius 1 is 0.357 bits per heavy atom. The second-order valence-electron chi connectivity index (χ2n) is 13.9. The summed E-state index contributed by atoms with van der Waals surface area (Å²) in [4.78, 5) is 19.5. The third-order valence-electron chi connectivity index (χ3n) is 10.5. The van der Waals surface area contributed by atoms with Crippen LogP contribution in [0, 0.1) is 0 Å². The molecule has 4 heterocycles. The van der Waals surface area contributed by atoms with Gasteiger partial charge in [0, 0.05) is 50.1 Å². The molecule has 0 aliphatic rings. The zero-order valence-corrected chi connectivity index (χ0v) is 30.0. The highest BCUT2D eigenvalue weighted by atomic mass is 16.3. The number of fused-ring (bicyclic) bond motifs is 6. The fourth-order valence-corrected chi connectivity index (χ4v) is 7.80. The number of hydrogen-bond acceptors (Lipinski definition) is 5. The van der Waals surface area contributed by atoms with E-state index in [1.807, 2.05) is 60.7 Å². The van der Waals surface area contributed by atoms with Gasteiger partial charge in [-0.3, -0.25) is 0 Å². The highest BCUT2D eigenvalue weighted by Gasteiger charge is 2.17. The van der Waals surface area contributed by atoms with E-state index in [0.29, 0.717) is 23.2 Å². The van der Waals surface area contributed by atoms with Crippen molar-refractivity contribution in [2.75, 3.05) is 0 Å². The van der Waals surface area contributed by atoms with Crippen molar-refractivity contribution >= 4 is 43.9 Å². The zero-order valence-electron chi connectivity index (χ0n) is 30.0. The van der Waals surface area contributed by atoms with E-state index in [9.17, 15) is 0 Å². The third-order valence-corrected chi connectivity index (χ3v) is 10.5. The number of nitrogens with zero attached hydrogens (tertiary/aromatic N) is 5. The van der Waals surface area contributed by atoms with Gasteiger partial charge in [0.1, 0.15) is 5.58 Å². The number of rotatable bonds is 6. The van der Waals surface area contributed by atoms with Gasteiger partial charge in [0.2, 0.25) is 5.71 Å². The minimum absolute atomic E-state index is 0.566. The first kappa shape index (κ1) is 31.8. The number of para-hydroxylation sites is 1. The van der Waals surface area contributed by atoms with Crippen molar-refractivity contribution in [2.24, 2.45) is 0 Å². The van der Waals surface area contributed by atoms with E-state index in [2.05, 4.69) is 131 Å². The Morgan fingerprint density at radius 3 is 1.71 bits per heavy atom. The van der Waals surface area contributed by atoms with Gasteiger partial charge in [0.15, 0.2) is 17.5 Å². The summed E-state index contributed by atoms with van der Waals surface area (Å²) in [5, 5.41) is 4.37. The summed E-state index contributed by atoms with van der Waals surface area (Å²) in [6.45, 7) is 0. The number of pyridine rings is 1. The van der Waals surface area contributed by atoms with Crippen LogP contribution in [0.2, 0.25) is 0 Å². The smallest absolute Gasteiger partial charge is 0.227 e. The standard InChI is InChI=1S/C50H31N5O/c1-3-11-32(12-4-1)33-20-22-34(23-21-33)36-25-27-45-43(30-36)40-17-7-8-19-44(40)55(45)39-16-9-15-37(29-39)48-52-47(35-13-5-2-6-14-35)53-49(54-48)38-24-26-41-42-18-10-28-51-50(42)56-46(41)31-38/h1-31H. The molecule has 0 fully saturated rings. The van der Waals surface area contributed by atoms with Gasteiger partial charge >= 0.3 is 0 Å². The maximum absolute atomic E-state index is 6.14. The monoisotopic (exact) mass is 717 g/mol. The fraction of sp³-hybridized carbons (Fsp3) is 0. The summed E-state index contributed by atoms with van der Waals surface area (Å²) in [5.41, 5.74) is 12.0. The van der Waals surface area contributed by atoms with Crippen LogP contribution in [0.25, 0.3) is 106 Å². The first-order chi connectivity index (χ1) is 27.7. The summed E-state index contributed by atoms with van der Waals surface area (Å²) in [6, 6.07) is 63.3. The highest BCUT2D eigenvalue weighted by Crippen LogP contribution is 2.37. The summed E-state index contributed by atoms with van der Waals surface area (Å²) in [7, 11) is 0. The van der Waals surface area contributed by atoms with E-state index < -0.39 is 0 Å². The van der Waals surface area contributed by atoms with Gasteiger partial charge in [-0.25, -0.2) is 19.9 Å². The van der Waals surface area contributed by atoms with Crippen LogP contribution in [0.15, 0.2) is 193 Å². The van der Waals surface area contributed by atoms with Crippen molar-refractivity contribution < 1.29 is 4.42 Å². The van der Waals surface area contributed by atoms with E-state index in [0.717, 1.165) is 49.8 Å². The van der Waals surface area contributed by atoms with Crippen LogP contribution in [-0.2, 0) is 0 Å². The lowest BCUT2D eigenvalue weighted by Gasteiger charge is -2.12. The normalized spacial score (nSPS) is 11.6. The first-order valence-electron chi connectivity index (χ1n) is 18.6. The molecule has 11 rings (SSSR count). The number of benzene rings is 7. The number of furan rings is 1. The van der Waals surface area contributed by atoms with Crippen molar-refractivity contribution in [1.82, 2.24) is 24.5 Å². The first-order valence-corrected chi connectivity index (χ1v) is 18.6. The average molecular weight is 718 g/mol. The maximum atomic E-state index is 6.14. The molecule has 6 nitrogen and oxygen atoms in total. The van der Waals surface area contributed by atoms with Crippen molar-refractivity contribution in [1.29, 1.82) is 0 Å². The number of aromatic nitrogens is 5. The lowest BCUT2D eigenvalue weighted by atomic mass is 9.99. The van der Waals surface area contributed by atoms with Gasteiger partial charge in [-0.15, -0.1) is 0 Å². The molecule has 0 unspecified atom stereocenters. The second kappa shape index (κ2) is 13.0. The molecular formula is C50H31N5O. The Balaban J connectivity index is 1.02. The van der Waals surface area contributed by atoms with Gasteiger partial charge < -0.3 is 8.98 Å². The molecule has 11 aromatic rings. The molecule has 0 atom stereocenters. The molecule has 0 amide bonds. The van der Waals surface area contributed by atoms with E-state index in [1.165, 1.54) is 33.0 Å². The summed E-state index contributed by atoms with van der Waals surface area (Å²) < 4.78 is 8.47. The summed E-state index contributed by atoms with van der Waals surface area (Å²) in [5.74, 6) is 1.75. The molecule has 0 spiro atoms. The van der Waals surface area contributed by atoms with Crippen LogP contribution in [0.5, 0.6) is 0 Å². The number of hydrogen-bond donors (Lipinski definition) is 0. The van der Waals surface area contributed by atoms with E-state index in [1.54, 1.807) is 6.20 Å². The molecule has 4 aromatic heterocycles. The molecule has 262 valence electrons. The minimum Gasteiger partial charge on any atom is -0.438 e. The van der Waals surface area contributed by atoms with Crippen LogP contribution in [0.1, 0.15) is 0 Å².